The van der Waals surface area contributed by atoms with E-state index in [9.17, 15) is 9.59 Å². The van der Waals surface area contributed by atoms with Crippen molar-refractivity contribution in [3.8, 4) is 11.3 Å². The normalized spacial score (nSPS) is 10.8. The Morgan fingerprint density at radius 1 is 1.18 bits per heavy atom. The zero-order valence-corrected chi connectivity index (χ0v) is 17.3. The van der Waals surface area contributed by atoms with Gasteiger partial charge in [0, 0.05) is 51.8 Å². The predicted octanol–water partition coefficient (Wildman–Crippen LogP) is 2.92. The van der Waals surface area contributed by atoms with Gasteiger partial charge in [-0.2, -0.15) is 0 Å². The summed E-state index contributed by atoms with van der Waals surface area (Å²) >= 11 is 0. The standard InChI is InChI=1S/C21H29N3O4/c1-6-23(4)20(25)9-10-24(11-12-27-5)21(26)18-14-19(28-22-18)17-13-15(2)7-8-16(17)3/h7-8,13-14H,6,9-12H2,1-5H3. The maximum atomic E-state index is 12.9. The van der Waals surface area contributed by atoms with Crippen LogP contribution >= 0.6 is 0 Å². The Morgan fingerprint density at radius 3 is 2.61 bits per heavy atom. The van der Waals surface area contributed by atoms with Crippen LogP contribution in [-0.2, 0) is 9.53 Å². The number of amides is 2. The summed E-state index contributed by atoms with van der Waals surface area (Å²) in [7, 11) is 3.32. The van der Waals surface area contributed by atoms with Crippen LogP contribution < -0.4 is 0 Å². The van der Waals surface area contributed by atoms with Crippen LogP contribution in [0.1, 0.15) is 35.0 Å². The van der Waals surface area contributed by atoms with Gasteiger partial charge in [0.25, 0.3) is 5.91 Å². The summed E-state index contributed by atoms with van der Waals surface area (Å²) in [5, 5.41) is 3.97. The summed E-state index contributed by atoms with van der Waals surface area (Å²) in [6.45, 7) is 7.59. The van der Waals surface area contributed by atoms with Crippen molar-refractivity contribution < 1.29 is 18.8 Å². The third-order valence-electron chi connectivity index (χ3n) is 4.74. The largest absolute Gasteiger partial charge is 0.383 e. The van der Waals surface area contributed by atoms with E-state index < -0.39 is 0 Å². The molecule has 0 radical (unpaired) electrons. The quantitative estimate of drug-likeness (QED) is 0.661. The molecule has 0 spiro atoms. The number of aromatic nitrogens is 1. The lowest BCUT2D eigenvalue weighted by Crippen LogP contribution is -2.38. The number of ether oxygens (including phenoxy) is 1. The Labute approximate surface area is 166 Å². The van der Waals surface area contributed by atoms with Gasteiger partial charge in [-0.3, -0.25) is 9.59 Å². The molecule has 7 nitrogen and oxygen atoms in total. The lowest BCUT2D eigenvalue weighted by Gasteiger charge is -2.22. The summed E-state index contributed by atoms with van der Waals surface area (Å²) in [6.07, 6.45) is 0.251. The minimum atomic E-state index is -0.274. The number of hydrogen-bond donors (Lipinski definition) is 0. The molecule has 0 N–H and O–H groups in total. The maximum Gasteiger partial charge on any atom is 0.276 e. The van der Waals surface area contributed by atoms with Gasteiger partial charge < -0.3 is 19.1 Å². The van der Waals surface area contributed by atoms with Gasteiger partial charge in [-0.1, -0.05) is 22.9 Å². The molecular weight excluding hydrogens is 358 g/mol. The molecule has 152 valence electrons. The molecule has 0 atom stereocenters. The monoisotopic (exact) mass is 387 g/mol. The highest BCUT2D eigenvalue weighted by molar-refractivity contribution is 5.93. The molecule has 0 saturated heterocycles. The van der Waals surface area contributed by atoms with Gasteiger partial charge in [-0.25, -0.2) is 0 Å². The van der Waals surface area contributed by atoms with Crippen molar-refractivity contribution in [1.82, 2.24) is 15.0 Å². The van der Waals surface area contributed by atoms with E-state index >= 15 is 0 Å². The molecule has 0 bridgehead atoms. The first-order valence-corrected chi connectivity index (χ1v) is 9.43. The van der Waals surface area contributed by atoms with Crippen molar-refractivity contribution >= 4 is 11.8 Å². The highest BCUT2D eigenvalue weighted by Crippen LogP contribution is 2.25. The summed E-state index contributed by atoms with van der Waals surface area (Å²) in [4.78, 5) is 28.2. The van der Waals surface area contributed by atoms with Crippen LogP contribution in [0, 0.1) is 13.8 Å². The minimum absolute atomic E-state index is 0.00561. The highest BCUT2D eigenvalue weighted by atomic mass is 16.5. The second-order valence-corrected chi connectivity index (χ2v) is 6.84. The van der Waals surface area contributed by atoms with Crippen molar-refractivity contribution in [3.63, 3.8) is 0 Å². The van der Waals surface area contributed by atoms with Crippen LogP contribution in [0.2, 0.25) is 0 Å². The van der Waals surface area contributed by atoms with Gasteiger partial charge in [-0.05, 0) is 32.4 Å². The summed E-state index contributed by atoms with van der Waals surface area (Å²) in [5.41, 5.74) is 3.29. The van der Waals surface area contributed by atoms with Crippen molar-refractivity contribution in [2.24, 2.45) is 0 Å². The van der Waals surface area contributed by atoms with Crippen LogP contribution in [0.25, 0.3) is 11.3 Å². The molecule has 0 aliphatic rings. The lowest BCUT2D eigenvalue weighted by atomic mass is 10.0. The van der Waals surface area contributed by atoms with Crippen LogP contribution in [0.15, 0.2) is 28.8 Å². The number of aryl methyl sites for hydroxylation is 2. The maximum absolute atomic E-state index is 12.9. The SMILES string of the molecule is CCN(C)C(=O)CCN(CCOC)C(=O)c1cc(-c2cc(C)ccc2C)on1. The zero-order chi connectivity index (χ0) is 20.7. The number of carbonyl (C=O) groups excluding carboxylic acids is 2. The van der Waals surface area contributed by atoms with Crippen LogP contribution in [0.3, 0.4) is 0 Å². The third kappa shape index (κ3) is 5.42. The second-order valence-electron chi connectivity index (χ2n) is 6.84. The molecule has 0 unspecified atom stereocenters. The fourth-order valence-corrected chi connectivity index (χ4v) is 2.78. The predicted molar refractivity (Wildman–Crippen MR) is 107 cm³/mol. The first-order chi connectivity index (χ1) is 13.4. The van der Waals surface area contributed by atoms with E-state index in [4.69, 9.17) is 9.26 Å². The average Bonchev–Trinajstić information content (AvgIpc) is 3.18. The van der Waals surface area contributed by atoms with Crippen molar-refractivity contribution in [2.75, 3.05) is 40.4 Å². The fourth-order valence-electron chi connectivity index (χ4n) is 2.78. The van der Waals surface area contributed by atoms with Crippen molar-refractivity contribution in [2.45, 2.75) is 27.2 Å². The molecule has 7 heteroatoms. The van der Waals surface area contributed by atoms with Crippen LogP contribution in [0.5, 0.6) is 0 Å². The lowest BCUT2D eigenvalue weighted by molar-refractivity contribution is -0.129. The minimum Gasteiger partial charge on any atom is -0.383 e. The molecule has 0 aliphatic heterocycles. The zero-order valence-electron chi connectivity index (χ0n) is 17.3. The molecule has 1 aromatic carbocycles. The van der Waals surface area contributed by atoms with Gasteiger partial charge in [-0.15, -0.1) is 0 Å². The number of rotatable bonds is 9. The smallest absolute Gasteiger partial charge is 0.276 e. The Bertz CT molecular complexity index is 816. The molecule has 2 aromatic rings. The topological polar surface area (TPSA) is 75.9 Å². The molecule has 1 heterocycles. The first-order valence-electron chi connectivity index (χ1n) is 9.43. The van der Waals surface area contributed by atoms with Gasteiger partial charge in [0.2, 0.25) is 5.91 Å². The Balaban J connectivity index is 2.16. The molecule has 2 amide bonds. The Morgan fingerprint density at radius 2 is 1.93 bits per heavy atom. The molecule has 2 rings (SSSR count). The van der Waals surface area contributed by atoms with E-state index in [1.54, 1.807) is 30.0 Å². The van der Waals surface area contributed by atoms with Crippen LogP contribution in [-0.4, -0.2) is 67.2 Å². The average molecular weight is 387 g/mol. The number of carbonyl (C=O) groups is 2. The number of nitrogens with zero attached hydrogens (tertiary/aromatic N) is 3. The fraction of sp³-hybridized carbons (Fsp3) is 0.476. The molecular formula is C21H29N3O4. The molecule has 0 saturated carbocycles. The van der Waals surface area contributed by atoms with Gasteiger partial charge >= 0.3 is 0 Å². The van der Waals surface area contributed by atoms with Gasteiger partial charge in [0.05, 0.1) is 6.61 Å². The molecule has 0 fully saturated rings. The second kappa shape index (κ2) is 10.0. The molecule has 0 aliphatic carbocycles. The van der Waals surface area contributed by atoms with Gasteiger partial charge in [0.15, 0.2) is 11.5 Å². The van der Waals surface area contributed by atoms with E-state index in [2.05, 4.69) is 5.16 Å². The molecule has 28 heavy (non-hydrogen) atoms. The third-order valence-corrected chi connectivity index (χ3v) is 4.74. The van der Waals surface area contributed by atoms with Crippen LogP contribution in [0.4, 0.5) is 0 Å². The number of hydrogen-bond acceptors (Lipinski definition) is 5. The summed E-state index contributed by atoms with van der Waals surface area (Å²) in [5.74, 6) is 0.274. The number of methoxy groups -OCH3 is 1. The van der Waals surface area contributed by atoms with E-state index in [0.717, 1.165) is 16.7 Å². The van der Waals surface area contributed by atoms with E-state index in [-0.39, 0.29) is 23.9 Å². The van der Waals surface area contributed by atoms with E-state index in [1.807, 2.05) is 39.0 Å². The first kappa shape index (κ1) is 21.6. The van der Waals surface area contributed by atoms with Gasteiger partial charge in [0.1, 0.15) is 0 Å². The number of benzene rings is 1. The van der Waals surface area contributed by atoms with Crippen molar-refractivity contribution in [1.29, 1.82) is 0 Å². The Hall–Kier alpha value is -2.67. The highest BCUT2D eigenvalue weighted by Gasteiger charge is 2.22. The van der Waals surface area contributed by atoms with E-state index in [0.29, 0.717) is 32.0 Å². The summed E-state index contributed by atoms with van der Waals surface area (Å²) in [6, 6.07) is 7.70. The molecule has 1 aromatic heterocycles. The Kier molecular flexibility index (Phi) is 7.75. The van der Waals surface area contributed by atoms with Crippen molar-refractivity contribution in [3.05, 3.63) is 41.1 Å². The van der Waals surface area contributed by atoms with E-state index in [1.165, 1.54) is 0 Å². The summed E-state index contributed by atoms with van der Waals surface area (Å²) < 4.78 is 10.5.